The van der Waals surface area contributed by atoms with Crippen molar-refractivity contribution in [2.45, 2.75) is 18.4 Å². The van der Waals surface area contributed by atoms with Crippen LogP contribution in [0.2, 0.25) is 0 Å². The van der Waals surface area contributed by atoms with Crippen LogP contribution in [0.15, 0.2) is 28.7 Å². The Labute approximate surface area is 103 Å². The second-order valence-corrected chi connectivity index (χ2v) is 5.21. The number of halogens is 1. The SMILES string of the molecule is COC(=O)C1CC(N)(c2cccc(Br)c2)C1. The maximum atomic E-state index is 11.3. The summed E-state index contributed by atoms with van der Waals surface area (Å²) in [6, 6.07) is 7.93. The van der Waals surface area contributed by atoms with Gasteiger partial charge in [0.05, 0.1) is 13.0 Å². The minimum atomic E-state index is -0.372. The van der Waals surface area contributed by atoms with Gasteiger partial charge in [-0.3, -0.25) is 4.79 Å². The van der Waals surface area contributed by atoms with E-state index < -0.39 is 0 Å². The summed E-state index contributed by atoms with van der Waals surface area (Å²) in [4.78, 5) is 11.3. The highest BCUT2D eigenvalue weighted by Gasteiger charge is 2.46. The van der Waals surface area contributed by atoms with E-state index in [-0.39, 0.29) is 17.4 Å². The minimum absolute atomic E-state index is 0.0472. The van der Waals surface area contributed by atoms with Gasteiger partial charge in [-0.05, 0) is 30.5 Å². The lowest BCUT2D eigenvalue weighted by Gasteiger charge is -2.43. The van der Waals surface area contributed by atoms with Crippen LogP contribution in [0.1, 0.15) is 18.4 Å². The molecule has 1 fully saturated rings. The molecule has 1 aromatic rings. The highest BCUT2D eigenvalue weighted by molar-refractivity contribution is 9.10. The number of benzene rings is 1. The molecule has 2 rings (SSSR count). The first kappa shape index (κ1) is 11.6. The second kappa shape index (κ2) is 4.18. The molecule has 3 nitrogen and oxygen atoms in total. The number of carbonyl (C=O) groups is 1. The monoisotopic (exact) mass is 283 g/mol. The predicted molar refractivity (Wildman–Crippen MR) is 64.7 cm³/mol. The van der Waals surface area contributed by atoms with Crippen molar-refractivity contribution in [1.82, 2.24) is 0 Å². The molecule has 0 aliphatic heterocycles. The largest absolute Gasteiger partial charge is 0.469 e. The average molecular weight is 284 g/mol. The summed E-state index contributed by atoms with van der Waals surface area (Å²) in [6.07, 6.45) is 1.33. The van der Waals surface area contributed by atoms with Crippen molar-refractivity contribution in [1.29, 1.82) is 0 Å². The molecule has 0 saturated heterocycles. The predicted octanol–water partition coefficient (Wildman–Crippen LogP) is 2.19. The molecule has 1 saturated carbocycles. The summed E-state index contributed by atoms with van der Waals surface area (Å²) < 4.78 is 5.71. The maximum absolute atomic E-state index is 11.3. The van der Waals surface area contributed by atoms with Crippen LogP contribution in [-0.4, -0.2) is 13.1 Å². The summed E-state index contributed by atoms with van der Waals surface area (Å²) in [5.41, 5.74) is 6.95. The van der Waals surface area contributed by atoms with E-state index in [0.29, 0.717) is 12.8 Å². The van der Waals surface area contributed by atoms with Crippen molar-refractivity contribution in [3.63, 3.8) is 0 Å². The lowest BCUT2D eigenvalue weighted by atomic mass is 9.65. The lowest BCUT2D eigenvalue weighted by Crippen LogP contribution is -2.51. The molecule has 0 radical (unpaired) electrons. The Morgan fingerprint density at radius 2 is 2.25 bits per heavy atom. The molecule has 0 amide bonds. The maximum Gasteiger partial charge on any atom is 0.308 e. The van der Waals surface area contributed by atoms with Crippen LogP contribution >= 0.6 is 15.9 Å². The van der Waals surface area contributed by atoms with Crippen LogP contribution in [0.25, 0.3) is 0 Å². The third-order valence-corrected chi connectivity index (χ3v) is 3.65. The Morgan fingerprint density at radius 1 is 1.56 bits per heavy atom. The number of carbonyl (C=O) groups excluding carboxylic acids is 1. The van der Waals surface area contributed by atoms with Gasteiger partial charge in [-0.25, -0.2) is 0 Å². The average Bonchev–Trinajstić information content (AvgIpc) is 2.23. The molecular weight excluding hydrogens is 270 g/mol. The number of methoxy groups -OCH3 is 1. The number of rotatable bonds is 2. The molecular formula is C12H14BrNO2. The fourth-order valence-corrected chi connectivity index (χ4v) is 2.59. The number of esters is 1. The zero-order valence-corrected chi connectivity index (χ0v) is 10.7. The van der Waals surface area contributed by atoms with Crippen molar-refractivity contribution in [3.8, 4) is 0 Å². The quantitative estimate of drug-likeness (QED) is 0.847. The first-order chi connectivity index (χ1) is 7.55. The van der Waals surface area contributed by atoms with Crippen molar-refractivity contribution in [3.05, 3.63) is 34.3 Å². The van der Waals surface area contributed by atoms with Crippen molar-refractivity contribution in [2.75, 3.05) is 7.11 Å². The van der Waals surface area contributed by atoms with Crippen molar-refractivity contribution >= 4 is 21.9 Å². The number of hydrogen-bond donors (Lipinski definition) is 1. The molecule has 1 aliphatic carbocycles. The van der Waals surface area contributed by atoms with E-state index >= 15 is 0 Å². The fraction of sp³-hybridized carbons (Fsp3) is 0.417. The Morgan fingerprint density at radius 3 is 2.81 bits per heavy atom. The molecule has 0 bridgehead atoms. The van der Waals surface area contributed by atoms with Crippen molar-refractivity contribution < 1.29 is 9.53 Å². The normalized spacial score (nSPS) is 28.3. The van der Waals surface area contributed by atoms with Crippen LogP contribution in [-0.2, 0) is 15.1 Å². The van der Waals surface area contributed by atoms with Gasteiger partial charge in [0.25, 0.3) is 0 Å². The summed E-state index contributed by atoms with van der Waals surface area (Å²) in [7, 11) is 1.41. The molecule has 0 heterocycles. The zero-order valence-electron chi connectivity index (χ0n) is 9.07. The number of nitrogens with two attached hydrogens (primary N) is 1. The van der Waals surface area contributed by atoms with Crippen LogP contribution in [0, 0.1) is 5.92 Å². The van der Waals surface area contributed by atoms with Gasteiger partial charge in [0, 0.05) is 10.0 Å². The Balaban J connectivity index is 2.10. The summed E-state index contributed by atoms with van der Waals surface area (Å²) in [6.45, 7) is 0. The van der Waals surface area contributed by atoms with Crippen LogP contribution in [0.4, 0.5) is 0 Å². The highest BCUT2D eigenvalue weighted by Crippen LogP contribution is 2.44. The molecule has 0 aromatic heterocycles. The van der Waals surface area contributed by atoms with E-state index in [4.69, 9.17) is 10.5 Å². The van der Waals surface area contributed by atoms with Gasteiger partial charge in [0.1, 0.15) is 0 Å². The third-order valence-electron chi connectivity index (χ3n) is 3.16. The van der Waals surface area contributed by atoms with E-state index in [0.717, 1.165) is 10.0 Å². The van der Waals surface area contributed by atoms with E-state index in [1.165, 1.54) is 7.11 Å². The standard InChI is InChI=1S/C12H14BrNO2/c1-16-11(15)8-6-12(14,7-8)9-3-2-4-10(13)5-9/h2-5,8H,6-7,14H2,1H3. The first-order valence-corrected chi connectivity index (χ1v) is 5.97. The van der Waals surface area contributed by atoms with Gasteiger partial charge in [-0.1, -0.05) is 28.1 Å². The molecule has 0 unspecified atom stereocenters. The van der Waals surface area contributed by atoms with Gasteiger partial charge in [0.15, 0.2) is 0 Å². The smallest absolute Gasteiger partial charge is 0.308 e. The van der Waals surface area contributed by atoms with Crippen LogP contribution in [0.5, 0.6) is 0 Å². The zero-order chi connectivity index (χ0) is 11.8. The summed E-state index contributed by atoms with van der Waals surface area (Å²) in [5, 5.41) is 0. The van der Waals surface area contributed by atoms with Gasteiger partial charge in [-0.15, -0.1) is 0 Å². The lowest BCUT2D eigenvalue weighted by molar-refractivity contribution is -0.151. The molecule has 4 heteroatoms. The van der Waals surface area contributed by atoms with Crippen LogP contribution < -0.4 is 5.73 Å². The molecule has 0 atom stereocenters. The molecule has 1 aliphatic rings. The van der Waals surface area contributed by atoms with E-state index in [9.17, 15) is 4.79 Å². The Kier molecular flexibility index (Phi) is 3.04. The van der Waals surface area contributed by atoms with E-state index in [2.05, 4.69) is 15.9 Å². The molecule has 1 aromatic carbocycles. The van der Waals surface area contributed by atoms with Gasteiger partial charge in [0.2, 0.25) is 0 Å². The summed E-state index contributed by atoms with van der Waals surface area (Å²) in [5.74, 6) is -0.204. The molecule has 0 spiro atoms. The fourth-order valence-electron chi connectivity index (χ4n) is 2.19. The number of ether oxygens (including phenoxy) is 1. The minimum Gasteiger partial charge on any atom is -0.469 e. The third kappa shape index (κ3) is 1.99. The van der Waals surface area contributed by atoms with Gasteiger partial charge < -0.3 is 10.5 Å². The highest BCUT2D eigenvalue weighted by atomic mass is 79.9. The first-order valence-electron chi connectivity index (χ1n) is 5.18. The topological polar surface area (TPSA) is 52.3 Å². The van der Waals surface area contributed by atoms with E-state index in [1.807, 2.05) is 24.3 Å². The van der Waals surface area contributed by atoms with Gasteiger partial charge >= 0.3 is 5.97 Å². The second-order valence-electron chi connectivity index (χ2n) is 4.29. The Bertz CT molecular complexity index is 413. The Hall–Kier alpha value is -0.870. The van der Waals surface area contributed by atoms with E-state index in [1.54, 1.807) is 0 Å². The number of hydrogen-bond acceptors (Lipinski definition) is 3. The van der Waals surface area contributed by atoms with Crippen molar-refractivity contribution in [2.24, 2.45) is 11.7 Å². The molecule has 86 valence electrons. The van der Waals surface area contributed by atoms with Gasteiger partial charge in [-0.2, -0.15) is 0 Å². The van der Waals surface area contributed by atoms with Crippen LogP contribution in [0.3, 0.4) is 0 Å². The molecule has 2 N–H and O–H groups in total. The summed E-state index contributed by atoms with van der Waals surface area (Å²) >= 11 is 3.42. The molecule has 16 heavy (non-hydrogen) atoms.